The smallest absolute Gasteiger partial charge is 0.283 e. The highest BCUT2D eigenvalue weighted by molar-refractivity contribution is 8.13. The summed E-state index contributed by atoms with van der Waals surface area (Å²) in [5.74, 6) is 0.977. The van der Waals surface area contributed by atoms with E-state index in [1.165, 1.54) is 11.8 Å². The summed E-state index contributed by atoms with van der Waals surface area (Å²) >= 11 is 9.42. The fourth-order valence-electron chi connectivity index (χ4n) is 3.55. The molecule has 3 heterocycles. The number of thioether (sulfide) groups is 1. The van der Waals surface area contributed by atoms with E-state index in [0.29, 0.717) is 33.1 Å². The molecular formula is C25H18ClN3O2S2. The summed E-state index contributed by atoms with van der Waals surface area (Å²) in [6, 6.07) is 19.3. The number of aliphatic imine (C=N–C) groups is 1. The minimum atomic E-state index is -0.192. The number of fused-ring (bicyclic) bond motifs is 1. The third kappa shape index (κ3) is 4.39. The van der Waals surface area contributed by atoms with Gasteiger partial charge in [-0.15, -0.1) is 11.3 Å². The Bertz CT molecular complexity index is 1390. The highest BCUT2D eigenvalue weighted by Crippen LogP contribution is 2.35. The summed E-state index contributed by atoms with van der Waals surface area (Å²) in [5, 5.41) is 4.08. The van der Waals surface area contributed by atoms with Gasteiger partial charge >= 0.3 is 0 Å². The summed E-state index contributed by atoms with van der Waals surface area (Å²) in [5.41, 5.74) is 3.06. The zero-order chi connectivity index (χ0) is 22.8. The van der Waals surface area contributed by atoms with Crippen LogP contribution in [0.2, 0.25) is 5.02 Å². The monoisotopic (exact) mass is 491 g/mol. The van der Waals surface area contributed by atoms with E-state index in [1.54, 1.807) is 41.7 Å². The first-order valence-electron chi connectivity index (χ1n) is 10.1. The first kappa shape index (κ1) is 21.7. The fourth-order valence-corrected chi connectivity index (χ4v) is 5.45. The number of nitrogens with zero attached hydrogens (tertiary/aromatic N) is 3. The van der Waals surface area contributed by atoms with E-state index in [1.807, 2.05) is 53.9 Å². The molecule has 0 radical (unpaired) electrons. The molecule has 0 spiro atoms. The maximum Gasteiger partial charge on any atom is 0.283 e. The second kappa shape index (κ2) is 9.39. The van der Waals surface area contributed by atoms with Gasteiger partial charge in [-0.3, -0.25) is 14.7 Å². The Kier molecular flexibility index (Phi) is 6.17. The van der Waals surface area contributed by atoms with Crippen molar-refractivity contribution < 1.29 is 9.53 Å². The van der Waals surface area contributed by atoms with Gasteiger partial charge in [-0.05, 0) is 47.4 Å². The van der Waals surface area contributed by atoms with Crippen molar-refractivity contribution in [1.82, 2.24) is 4.98 Å². The van der Waals surface area contributed by atoms with E-state index in [2.05, 4.69) is 11.1 Å². The Morgan fingerprint density at radius 2 is 2.03 bits per heavy atom. The van der Waals surface area contributed by atoms with Crippen molar-refractivity contribution in [2.75, 3.05) is 12.0 Å². The summed E-state index contributed by atoms with van der Waals surface area (Å²) in [4.78, 5) is 25.2. The summed E-state index contributed by atoms with van der Waals surface area (Å²) in [6.07, 6.45) is 3.61. The van der Waals surface area contributed by atoms with Crippen molar-refractivity contribution in [3.8, 4) is 5.75 Å². The number of hydrogen-bond acceptors (Lipinski definition) is 6. The number of benzene rings is 2. The first-order valence-corrected chi connectivity index (χ1v) is 12.4. The number of halogens is 1. The van der Waals surface area contributed by atoms with Crippen molar-refractivity contribution in [3.05, 3.63) is 93.4 Å². The van der Waals surface area contributed by atoms with Crippen LogP contribution in [0.4, 0.5) is 5.69 Å². The quantitative estimate of drug-likeness (QED) is 0.294. The van der Waals surface area contributed by atoms with Gasteiger partial charge in [0.05, 0.1) is 23.3 Å². The minimum Gasteiger partial charge on any atom is -0.495 e. The molecule has 33 heavy (non-hydrogen) atoms. The van der Waals surface area contributed by atoms with Crippen LogP contribution in [0, 0.1) is 0 Å². The maximum absolute atomic E-state index is 13.4. The molecule has 1 aliphatic heterocycles. The number of carbonyl (C=O) groups is 1. The highest BCUT2D eigenvalue weighted by atomic mass is 35.5. The van der Waals surface area contributed by atoms with Crippen LogP contribution in [0.25, 0.3) is 17.0 Å². The Morgan fingerprint density at radius 3 is 2.82 bits per heavy atom. The number of amides is 1. The SMILES string of the molecule is COc1ccc(N2C(=O)/C(=C\c3cccs3)N=C2SCc2cccc3cccnc23)cc1Cl. The maximum atomic E-state index is 13.4. The second-order valence-corrected chi connectivity index (χ2v) is 9.51. The molecule has 0 fully saturated rings. The van der Waals surface area contributed by atoms with E-state index in [4.69, 9.17) is 21.3 Å². The first-order chi connectivity index (χ1) is 16.1. The third-order valence-electron chi connectivity index (χ3n) is 5.12. The Balaban J connectivity index is 1.50. The lowest BCUT2D eigenvalue weighted by atomic mass is 10.1. The Hall–Kier alpha value is -3.13. The molecule has 164 valence electrons. The van der Waals surface area contributed by atoms with Crippen molar-refractivity contribution in [2.45, 2.75) is 5.75 Å². The van der Waals surface area contributed by atoms with Gasteiger partial charge in [0.2, 0.25) is 0 Å². The molecule has 1 amide bonds. The lowest BCUT2D eigenvalue weighted by Crippen LogP contribution is -2.30. The van der Waals surface area contributed by atoms with Gasteiger partial charge in [0, 0.05) is 22.2 Å². The number of methoxy groups -OCH3 is 1. The fraction of sp³-hybridized carbons (Fsp3) is 0.0800. The van der Waals surface area contributed by atoms with E-state index in [0.717, 1.165) is 21.3 Å². The number of pyridine rings is 1. The van der Waals surface area contributed by atoms with Gasteiger partial charge in [0.15, 0.2) is 5.17 Å². The number of hydrogen-bond donors (Lipinski definition) is 0. The molecule has 5 nitrogen and oxygen atoms in total. The highest BCUT2D eigenvalue weighted by Gasteiger charge is 2.32. The molecule has 0 bridgehead atoms. The number of thiophene rings is 1. The van der Waals surface area contributed by atoms with Crippen molar-refractivity contribution in [3.63, 3.8) is 0 Å². The molecule has 0 atom stereocenters. The number of amidine groups is 1. The molecule has 4 aromatic rings. The van der Waals surface area contributed by atoms with Crippen LogP contribution in [0.15, 0.2) is 82.9 Å². The molecule has 2 aromatic heterocycles. The molecule has 0 aliphatic carbocycles. The van der Waals surface area contributed by atoms with Crippen LogP contribution in [0.3, 0.4) is 0 Å². The van der Waals surface area contributed by atoms with Crippen molar-refractivity contribution in [1.29, 1.82) is 0 Å². The zero-order valence-corrected chi connectivity index (χ0v) is 20.0. The lowest BCUT2D eigenvalue weighted by Gasteiger charge is -2.19. The minimum absolute atomic E-state index is 0.192. The second-order valence-electron chi connectivity index (χ2n) is 7.18. The van der Waals surface area contributed by atoms with Gasteiger partial charge in [-0.2, -0.15) is 0 Å². The number of rotatable bonds is 5. The average molecular weight is 492 g/mol. The van der Waals surface area contributed by atoms with Crippen LogP contribution in [0.1, 0.15) is 10.4 Å². The van der Waals surface area contributed by atoms with Crippen LogP contribution >= 0.6 is 34.7 Å². The molecule has 5 rings (SSSR count). The molecule has 0 N–H and O–H groups in total. The molecule has 0 unspecified atom stereocenters. The normalized spacial score (nSPS) is 14.8. The number of ether oxygens (including phenoxy) is 1. The lowest BCUT2D eigenvalue weighted by molar-refractivity contribution is -0.113. The molecule has 0 saturated carbocycles. The van der Waals surface area contributed by atoms with Crippen LogP contribution in [-0.4, -0.2) is 23.2 Å². The summed E-state index contributed by atoms with van der Waals surface area (Å²) in [6.45, 7) is 0. The summed E-state index contributed by atoms with van der Waals surface area (Å²) < 4.78 is 5.27. The number of aromatic nitrogens is 1. The van der Waals surface area contributed by atoms with Crippen LogP contribution < -0.4 is 9.64 Å². The summed E-state index contributed by atoms with van der Waals surface area (Å²) in [7, 11) is 1.56. The largest absolute Gasteiger partial charge is 0.495 e. The number of anilines is 1. The topological polar surface area (TPSA) is 54.8 Å². The van der Waals surface area contributed by atoms with E-state index in [9.17, 15) is 4.79 Å². The van der Waals surface area contributed by atoms with Gasteiger partial charge in [0.1, 0.15) is 11.4 Å². The Labute approximate surface area is 204 Å². The van der Waals surface area contributed by atoms with Crippen LogP contribution in [-0.2, 0) is 10.5 Å². The molecular weight excluding hydrogens is 474 g/mol. The van der Waals surface area contributed by atoms with Gasteiger partial charge in [0.25, 0.3) is 5.91 Å². The number of carbonyl (C=O) groups excluding carboxylic acids is 1. The zero-order valence-electron chi connectivity index (χ0n) is 17.6. The van der Waals surface area contributed by atoms with Gasteiger partial charge < -0.3 is 4.74 Å². The average Bonchev–Trinajstić information content (AvgIpc) is 3.45. The molecule has 0 saturated heterocycles. The van der Waals surface area contributed by atoms with Crippen molar-refractivity contribution >= 4 is 68.4 Å². The van der Waals surface area contributed by atoms with Gasteiger partial charge in [-0.1, -0.05) is 53.7 Å². The predicted octanol–water partition coefficient (Wildman–Crippen LogP) is 6.64. The molecule has 8 heteroatoms. The standard InChI is InChI=1S/C25H18ClN3O2S2/c1-31-22-10-9-18(13-20(22)26)29-24(30)21(14-19-8-4-12-32-19)28-25(29)33-15-17-6-2-5-16-7-3-11-27-23(16)17/h2-14H,15H2,1H3/b21-14+. The predicted molar refractivity (Wildman–Crippen MR) is 138 cm³/mol. The molecule has 1 aliphatic rings. The van der Waals surface area contributed by atoms with E-state index < -0.39 is 0 Å². The van der Waals surface area contributed by atoms with Crippen LogP contribution in [0.5, 0.6) is 5.75 Å². The van der Waals surface area contributed by atoms with Crippen molar-refractivity contribution in [2.24, 2.45) is 4.99 Å². The van der Waals surface area contributed by atoms with E-state index in [-0.39, 0.29) is 5.91 Å². The van der Waals surface area contributed by atoms with E-state index >= 15 is 0 Å². The Morgan fingerprint density at radius 1 is 1.15 bits per heavy atom. The molecule has 2 aromatic carbocycles. The third-order valence-corrected chi connectivity index (χ3v) is 7.22. The number of para-hydroxylation sites is 1. The van der Waals surface area contributed by atoms with Gasteiger partial charge in [-0.25, -0.2) is 4.99 Å².